The van der Waals surface area contributed by atoms with Gasteiger partial charge in [0.25, 0.3) is 0 Å². The molecular formula is C17H17BrN2O4S. The summed E-state index contributed by atoms with van der Waals surface area (Å²) in [5, 5.41) is 0. The fourth-order valence-corrected chi connectivity index (χ4v) is 4.24. The molecule has 132 valence electrons. The number of carbonyl (C=O) groups excluding carboxylic acids is 1. The highest BCUT2D eigenvalue weighted by molar-refractivity contribution is 9.10. The van der Waals surface area contributed by atoms with Crippen LogP contribution >= 0.6 is 15.9 Å². The van der Waals surface area contributed by atoms with E-state index in [4.69, 9.17) is 4.42 Å². The minimum atomic E-state index is -3.53. The molecule has 1 aromatic carbocycles. The monoisotopic (exact) mass is 424 g/mol. The van der Waals surface area contributed by atoms with E-state index in [2.05, 4.69) is 15.9 Å². The van der Waals surface area contributed by atoms with E-state index in [0.29, 0.717) is 18.8 Å². The van der Waals surface area contributed by atoms with E-state index in [-0.39, 0.29) is 23.9 Å². The van der Waals surface area contributed by atoms with Gasteiger partial charge in [0.15, 0.2) is 0 Å². The van der Waals surface area contributed by atoms with Gasteiger partial charge in [0.05, 0.1) is 11.2 Å². The van der Waals surface area contributed by atoms with Crippen molar-refractivity contribution in [1.29, 1.82) is 0 Å². The topological polar surface area (TPSA) is 70.8 Å². The second-order valence-electron chi connectivity index (χ2n) is 5.53. The first-order chi connectivity index (χ1) is 12.0. The fraction of sp³-hybridized carbons (Fsp3) is 0.235. The molecule has 1 aliphatic heterocycles. The summed E-state index contributed by atoms with van der Waals surface area (Å²) >= 11 is 3.30. The molecule has 25 heavy (non-hydrogen) atoms. The van der Waals surface area contributed by atoms with Crippen molar-refractivity contribution in [3.8, 4) is 0 Å². The second-order valence-corrected chi connectivity index (χ2v) is 8.39. The number of furan rings is 1. The molecule has 0 bridgehead atoms. The lowest BCUT2D eigenvalue weighted by atomic mass is 10.3. The summed E-state index contributed by atoms with van der Waals surface area (Å²) < 4.78 is 32.7. The van der Waals surface area contributed by atoms with Gasteiger partial charge in [-0.3, -0.25) is 4.79 Å². The van der Waals surface area contributed by atoms with Crippen molar-refractivity contribution in [2.75, 3.05) is 26.2 Å². The third kappa shape index (κ3) is 4.20. The standard InChI is InChI=1S/C17H17BrN2O4S/c18-14-3-6-16(7-4-14)25(22,23)20-11-9-19(10-12-20)17(21)8-5-15-2-1-13-24-15/h1-8,13H,9-12H2. The maximum Gasteiger partial charge on any atom is 0.246 e. The van der Waals surface area contributed by atoms with Gasteiger partial charge in [0.2, 0.25) is 15.9 Å². The van der Waals surface area contributed by atoms with Crippen molar-refractivity contribution >= 4 is 37.9 Å². The van der Waals surface area contributed by atoms with Crippen LogP contribution in [-0.2, 0) is 14.8 Å². The molecule has 1 aromatic heterocycles. The molecule has 2 heterocycles. The van der Waals surface area contributed by atoms with E-state index in [1.165, 1.54) is 16.6 Å². The summed E-state index contributed by atoms with van der Waals surface area (Å²) in [6.07, 6.45) is 4.58. The Bertz CT molecular complexity index is 853. The van der Waals surface area contributed by atoms with Crippen LogP contribution in [-0.4, -0.2) is 49.7 Å². The number of rotatable bonds is 4. The maximum atomic E-state index is 12.6. The van der Waals surface area contributed by atoms with E-state index in [9.17, 15) is 13.2 Å². The quantitative estimate of drug-likeness (QED) is 0.707. The Balaban J connectivity index is 1.61. The normalized spacial score (nSPS) is 16.4. The molecule has 1 aliphatic rings. The molecule has 0 unspecified atom stereocenters. The van der Waals surface area contributed by atoms with Crippen molar-refractivity contribution in [3.05, 3.63) is 59.0 Å². The molecule has 6 nitrogen and oxygen atoms in total. The number of hydrogen-bond donors (Lipinski definition) is 0. The summed E-state index contributed by atoms with van der Waals surface area (Å²) in [6, 6.07) is 10.0. The SMILES string of the molecule is O=C(C=Cc1ccco1)N1CCN(S(=O)(=O)c2ccc(Br)cc2)CC1. The molecule has 3 rings (SSSR count). The van der Waals surface area contributed by atoms with Crippen LogP contribution in [0.5, 0.6) is 0 Å². The average molecular weight is 425 g/mol. The number of halogens is 1. The van der Waals surface area contributed by atoms with Gasteiger partial charge in [0, 0.05) is 36.7 Å². The minimum Gasteiger partial charge on any atom is -0.465 e. The third-order valence-electron chi connectivity index (χ3n) is 3.94. The number of amides is 1. The van der Waals surface area contributed by atoms with Gasteiger partial charge in [0.1, 0.15) is 5.76 Å². The molecular weight excluding hydrogens is 408 g/mol. The Morgan fingerprint density at radius 3 is 2.36 bits per heavy atom. The molecule has 2 aromatic rings. The van der Waals surface area contributed by atoms with Crippen LogP contribution in [0.2, 0.25) is 0 Å². The van der Waals surface area contributed by atoms with Crippen LogP contribution < -0.4 is 0 Å². The van der Waals surface area contributed by atoms with Crippen molar-refractivity contribution in [3.63, 3.8) is 0 Å². The molecule has 0 aliphatic carbocycles. The molecule has 1 fully saturated rings. The van der Waals surface area contributed by atoms with Crippen molar-refractivity contribution < 1.29 is 17.6 Å². The number of benzene rings is 1. The Hall–Kier alpha value is -1.90. The van der Waals surface area contributed by atoms with Crippen LogP contribution in [0.3, 0.4) is 0 Å². The van der Waals surface area contributed by atoms with Crippen LogP contribution in [0.15, 0.2) is 62.5 Å². The molecule has 1 amide bonds. The maximum absolute atomic E-state index is 12.6. The third-order valence-corrected chi connectivity index (χ3v) is 6.38. The highest BCUT2D eigenvalue weighted by Gasteiger charge is 2.29. The van der Waals surface area contributed by atoms with E-state index in [0.717, 1.165) is 4.47 Å². The molecule has 0 N–H and O–H groups in total. The summed E-state index contributed by atoms with van der Waals surface area (Å²) in [5.74, 6) is 0.446. The predicted molar refractivity (Wildman–Crippen MR) is 97.2 cm³/mol. The van der Waals surface area contributed by atoms with Gasteiger partial charge in [-0.25, -0.2) is 8.42 Å². The lowest BCUT2D eigenvalue weighted by molar-refractivity contribution is -0.127. The largest absolute Gasteiger partial charge is 0.465 e. The number of nitrogens with zero attached hydrogens (tertiary/aromatic N) is 2. The van der Waals surface area contributed by atoms with E-state index in [1.807, 2.05) is 0 Å². The van der Waals surface area contributed by atoms with Crippen LogP contribution in [0, 0.1) is 0 Å². The molecule has 0 spiro atoms. The smallest absolute Gasteiger partial charge is 0.246 e. The Morgan fingerprint density at radius 2 is 1.76 bits per heavy atom. The lowest BCUT2D eigenvalue weighted by Gasteiger charge is -2.33. The zero-order chi connectivity index (χ0) is 17.9. The molecule has 8 heteroatoms. The Morgan fingerprint density at radius 1 is 1.08 bits per heavy atom. The van der Waals surface area contributed by atoms with E-state index in [1.54, 1.807) is 47.4 Å². The van der Waals surface area contributed by atoms with Gasteiger partial charge < -0.3 is 9.32 Å². The van der Waals surface area contributed by atoms with Gasteiger partial charge >= 0.3 is 0 Å². The number of sulfonamides is 1. The van der Waals surface area contributed by atoms with Gasteiger partial charge in [-0.15, -0.1) is 0 Å². The van der Waals surface area contributed by atoms with Gasteiger partial charge in [-0.2, -0.15) is 4.31 Å². The first kappa shape index (κ1) is 17.9. The molecule has 0 radical (unpaired) electrons. The van der Waals surface area contributed by atoms with Crippen molar-refractivity contribution in [1.82, 2.24) is 9.21 Å². The van der Waals surface area contributed by atoms with Gasteiger partial charge in [-0.05, 0) is 42.5 Å². The van der Waals surface area contributed by atoms with Gasteiger partial charge in [-0.1, -0.05) is 15.9 Å². The lowest BCUT2D eigenvalue weighted by Crippen LogP contribution is -2.50. The number of carbonyl (C=O) groups is 1. The highest BCUT2D eigenvalue weighted by Crippen LogP contribution is 2.20. The zero-order valence-corrected chi connectivity index (χ0v) is 15.7. The first-order valence-electron chi connectivity index (χ1n) is 7.73. The van der Waals surface area contributed by atoms with Crippen LogP contribution in [0.25, 0.3) is 6.08 Å². The average Bonchev–Trinajstić information content (AvgIpc) is 3.14. The summed E-state index contributed by atoms with van der Waals surface area (Å²) in [6.45, 7) is 1.27. The van der Waals surface area contributed by atoms with Crippen molar-refractivity contribution in [2.45, 2.75) is 4.90 Å². The zero-order valence-electron chi connectivity index (χ0n) is 13.3. The van der Waals surface area contributed by atoms with Crippen LogP contribution in [0.4, 0.5) is 0 Å². The summed E-state index contributed by atoms with van der Waals surface area (Å²) in [4.78, 5) is 14.1. The minimum absolute atomic E-state index is 0.155. The molecule has 0 saturated carbocycles. The summed E-state index contributed by atoms with van der Waals surface area (Å²) in [5.41, 5.74) is 0. The van der Waals surface area contributed by atoms with Crippen LogP contribution in [0.1, 0.15) is 5.76 Å². The first-order valence-corrected chi connectivity index (χ1v) is 9.96. The molecule has 1 saturated heterocycles. The predicted octanol–water partition coefficient (Wildman–Crippen LogP) is 2.59. The van der Waals surface area contributed by atoms with Crippen molar-refractivity contribution in [2.24, 2.45) is 0 Å². The molecule has 0 atom stereocenters. The van der Waals surface area contributed by atoms with E-state index < -0.39 is 10.0 Å². The highest BCUT2D eigenvalue weighted by atomic mass is 79.9. The number of piperazine rings is 1. The summed E-state index contributed by atoms with van der Waals surface area (Å²) in [7, 11) is -3.53. The fourth-order valence-electron chi connectivity index (χ4n) is 2.55. The number of hydrogen-bond acceptors (Lipinski definition) is 4. The second kappa shape index (κ2) is 7.55. The Kier molecular flexibility index (Phi) is 5.41. The van der Waals surface area contributed by atoms with E-state index >= 15 is 0 Å². The Labute approximate surface area is 154 Å².